The van der Waals surface area contributed by atoms with Crippen LogP contribution >= 0.6 is 0 Å². The lowest BCUT2D eigenvalue weighted by Crippen LogP contribution is -2.02. The average Bonchev–Trinajstić information content (AvgIpc) is 2.85. The summed E-state index contributed by atoms with van der Waals surface area (Å²) in [5.74, 6) is 5.35. The number of rotatable bonds is 2. The molecule has 0 spiro atoms. The Balaban J connectivity index is 2.51. The maximum atomic E-state index is 11.7. The third-order valence-electron chi connectivity index (χ3n) is 2.54. The van der Waals surface area contributed by atoms with Crippen molar-refractivity contribution in [2.75, 3.05) is 13.7 Å². The molecule has 0 unspecified atom stereocenters. The van der Waals surface area contributed by atoms with Gasteiger partial charge in [-0.1, -0.05) is 11.8 Å². The first-order chi connectivity index (χ1) is 8.76. The molecule has 4 heteroatoms. The Morgan fingerprint density at radius 2 is 2.33 bits per heavy atom. The zero-order chi connectivity index (χ0) is 13.0. The molecule has 0 aliphatic rings. The van der Waals surface area contributed by atoms with Crippen LogP contribution in [0.2, 0.25) is 0 Å². The fourth-order valence-electron chi connectivity index (χ4n) is 1.74. The smallest absolute Gasteiger partial charge is 0.338 e. The topological polar surface area (TPSA) is 62.3 Å². The van der Waals surface area contributed by atoms with E-state index >= 15 is 0 Å². The highest BCUT2D eigenvalue weighted by Crippen LogP contribution is 2.20. The molecule has 92 valence electrons. The van der Waals surface area contributed by atoms with Crippen molar-refractivity contribution in [3.8, 4) is 11.8 Å². The summed E-state index contributed by atoms with van der Waals surface area (Å²) in [6.07, 6.45) is 2.18. The Hall–Kier alpha value is -2.25. The summed E-state index contributed by atoms with van der Waals surface area (Å²) < 4.78 is 4.75. The zero-order valence-corrected chi connectivity index (χ0v) is 9.99. The van der Waals surface area contributed by atoms with Crippen LogP contribution in [-0.2, 0) is 4.74 Å². The van der Waals surface area contributed by atoms with Gasteiger partial charge in [0.25, 0.3) is 0 Å². The molecule has 0 amide bonds. The van der Waals surface area contributed by atoms with Gasteiger partial charge >= 0.3 is 5.97 Å². The van der Waals surface area contributed by atoms with Crippen molar-refractivity contribution in [3.05, 3.63) is 35.5 Å². The number of esters is 1. The van der Waals surface area contributed by atoms with Gasteiger partial charge in [0.1, 0.15) is 0 Å². The van der Waals surface area contributed by atoms with E-state index in [4.69, 9.17) is 9.84 Å². The van der Waals surface area contributed by atoms with Crippen LogP contribution in [0, 0.1) is 11.8 Å². The van der Waals surface area contributed by atoms with Gasteiger partial charge in [-0.25, -0.2) is 4.79 Å². The summed E-state index contributed by atoms with van der Waals surface area (Å²) in [6, 6.07) is 5.39. The number of H-pyrrole nitrogens is 1. The minimum atomic E-state index is -0.384. The number of aliphatic hydroxyl groups excluding tert-OH is 1. The largest absolute Gasteiger partial charge is 0.465 e. The Bertz CT molecular complexity index is 631. The fraction of sp³-hybridized carbons (Fsp3) is 0.214. The van der Waals surface area contributed by atoms with E-state index < -0.39 is 0 Å². The van der Waals surface area contributed by atoms with E-state index in [0.29, 0.717) is 12.0 Å². The normalized spacial score (nSPS) is 9.89. The van der Waals surface area contributed by atoms with Gasteiger partial charge in [0.2, 0.25) is 0 Å². The highest BCUT2D eigenvalue weighted by molar-refractivity contribution is 6.04. The molecule has 0 saturated heterocycles. The number of carbonyl (C=O) groups excluding carboxylic acids is 1. The molecule has 0 fully saturated rings. The number of aliphatic hydroxyl groups is 1. The highest BCUT2D eigenvalue weighted by atomic mass is 16.5. The number of carbonyl (C=O) groups is 1. The molecule has 2 rings (SSSR count). The van der Waals surface area contributed by atoms with E-state index in [-0.39, 0.29) is 12.6 Å². The molecular weight excluding hydrogens is 230 g/mol. The van der Waals surface area contributed by atoms with Crippen LogP contribution in [0.5, 0.6) is 0 Å². The van der Waals surface area contributed by atoms with E-state index in [1.807, 2.05) is 12.1 Å². The van der Waals surface area contributed by atoms with Gasteiger partial charge in [-0.15, -0.1) is 0 Å². The van der Waals surface area contributed by atoms with Crippen molar-refractivity contribution >= 4 is 16.9 Å². The standard InChI is InChI=1S/C14H13NO3/c1-18-14(17)12-8-10(4-2-3-7-16)9-13-11(12)5-6-15-13/h5-6,8-9,15-16H,3,7H2,1H3. The van der Waals surface area contributed by atoms with Crippen molar-refractivity contribution in [2.24, 2.45) is 0 Å². The number of ether oxygens (including phenoxy) is 1. The van der Waals surface area contributed by atoms with Crippen LogP contribution < -0.4 is 0 Å². The van der Waals surface area contributed by atoms with E-state index in [1.54, 1.807) is 12.3 Å². The van der Waals surface area contributed by atoms with Crippen molar-refractivity contribution in [1.82, 2.24) is 4.98 Å². The Labute approximate surface area is 105 Å². The van der Waals surface area contributed by atoms with Gasteiger partial charge in [-0.05, 0) is 18.2 Å². The van der Waals surface area contributed by atoms with Crippen molar-refractivity contribution in [3.63, 3.8) is 0 Å². The molecular formula is C14H13NO3. The van der Waals surface area contributed by atoms with Gasteiger partial charge in [0, 0.05) is 29.1 Å². The quantitative estimate of drug-likeness (QED) is 0.623. The first-order valence-corrected chi connectivity index (χ1v) is 5.55. The van der Waals surface area contributed by atoms with Crippen LogP contribution in [0.4, 0.5) is 0 Å². The van der Waals surface area contributed by atoms with E-state index in [9.17, 15) is 4.79 Å². The third-order valence-corrected chi connectivity index (χ3v) is 2.54. The minimum Gasteiger partial charge on any atom is -0.465 e. The third kappa shape index (κ3) is 2.36. The molecule has 1 aromatic carbocycles. The fourth-order valence-corrected chi connectivity index (χ4v) is 1.74. The molecule has 1 heterocycles. The molecule has 0 bridgehead atoms. The van der Waals surface area contributed by atoms with Crippen molar-refractivity contribution < 1.29 is 14.6 Å². The van der Waals surface area contributed by atoms with Gasteiger partial charge in [-0.2, -0.15) is 0 Å². The summed E-state index contributed by atoms with van der Waals surface area (Å²) >= 11 is 0. The first kappa shape index (κ1) is 12.2. The zero-order valence-electron chi connectivity index (χ0n) is 9.99. The predicted octanol–water partition coefficient (Wildman–Crippen LogP) is 1.69. The SMILES string of the molecule is COC(=O)c1cc(C#CCCO)cc2[nH]ccc12. The molecule has 1 aromatic heterocycles. The lowest BCUT2D eigenvalue weighted by atomic mass is 10.1. The number of benzene rings is 1. The molecule has 0 radical (unpaired) electrons. The van der Waals surface area contributed by atoms with Crippen LogP contribution in [0.25, 0.3) is 10.9 Å². The molecule has 18 heavy (non-hydrogen) atoms. The predicted molar refractivity (Wildman–Crippen MR) is 68.2 cm³/mol. The second-order valence-electron chi connectivity index (χ2n) is 3.73. The highest BCUT2D eigenvalue weighted by Gasteiger charge is 2.12. The number of aromatic amines is 1. The van der Waals surface area contributed by atoms with Crippen molar-refractivity contribution in [2.45, 2.75) is 6.42 Å². The average molecular weight is 243 g/mol. The van der Waals surface area contributed by atoms with Crippen LogP contribution in [-0.4, -0.2) is 29.8 Å². The number of hydrogen-bond donors (Lipinski definition) is 2. The molecule has 0 saturated carbocycles. The summed E-state index contributed by atoms with van der Waals surface area (Å²) in [5.41, 5.74) is 2.05. The molecule has 0 aliphatic heterocycles. The monoisotopic (exact) mass is 243 g/mol. The number of aromatic nitrogens is 1. The summed E-state index contributed by atoms with van der Waals surface area (Å²) in [7, 11) is 1.35. The lowest BCUT2D eigenvalue weighted by Gasteiger charge is -2.02. The molecule has 2 aromatic rings. The maximum Gasteiger partial charge on any atom is 0.338 e. The Kier molecular flexibility index (Phi) is 3.66. The molecule has 2 N–H and O–H groups in total. The summed E-state index contributed by atoms with van der Waals surface area (Å²) in [6.45, 7) is 0.0294. The molecule has 0 atom stereocenters. The Morgan fingerprint density at radius 1 is 1.50 bits per heavy atom. The second kappa shape index (κ2) is 5.39. The first-order valence-electron chi connectivity index (χ1n) is 5.55. The number of fused-ring (bicyclic) bond motifs is 1. The summed E-state index contributed by atoms with van der Waals surface area (Å²) in [4.78, 5) is 14.7. The van der Waals surface area contributed by atoms with E-state index in [2.05, 4.69) is 16.8 Å². The molecule has 0 aliphatic carbocycles. The summed E-state index contributed by atoms with van der Waals surface area (Å²) in [5, 5.41) is 9.50. The van der Waals surface area contributed by atoms with Crippen LogP contribution in [0.1, 0.15) is 22.3 Å². The van der Waals surface area contributed by atoms with Gasteiger partial charge in [0.05, 0.1) is 19.3 Å². The lowest BCUT2D eigenvalue weighted by molar-refractivity contribution is 0.0603. The van der Waals surface area contributed by atoms with E-state index in [1.165, 1.54) is 7.11 Å². The van der Waals surface area contributed by atoms with Gasteiger partial charge < -0.3 is 14.8 Å². The number of methoxy groups -OCH3 is 1. The minimum absolute atomic E-state index is 0.0294. The van der Waals surface area contributed by atoms with Gasteiger partial charge in [0.15, 0.2) is 0 Å². The van der Waals surface area contributed by atoms with E-state index in [0.717, 1.165) is 16.5 Å². The van der Waals surface area contributed by atoms with Crippen LogP contribution in [0.15, 0.2) is 24.4 Å². The van der Waals surface area contributed by atoms with Crippen LogP contribution in [0.3, 0.4) is 0 Å². The number of hydrogen-bond acceptors (Lipinski definition) is 3. The second-order valence-corrected chi connectivity index (χ2v) is 3.73. The maximum absolute atomic E-state index is 11.7. The Morgan fingerprint density at radius 3 is 3.06 bits per heavy atom. The van der Waals surface area contributed by atoms with Crippen molar-refractivity contribution in [1.29, 1.82) is 0 Å². The van der Waals surface area contributed by atoms with Gasteiger partial charge in [-0.3, -0.25) is 0 Å². The number of nitrogens with one attached hydrogen (secondary N) is 1. The molecule has 4 nitrogen and oxygen atoms in total.